The number of nitrogens with one attached hydrogen (secondary N) is 2. The number of hydrogen-bond acceptors (Lipinski definition) is 3. The number of fused-ring (bicyclic) bond motifs is 1. The zero-order valence-electron chi connectivity index (χ0n) is 14.1. The lowest BCUT2D eigenvalue weighted by Gasteiger charge is -2.23. The monoisotopic (exact) mass is 355 g/mol. The lowest BCUT2D eigenvalue weighted by atomic mass is 9.94. The van der Waals surface area contributed by atoms with Gasteiger partial charge in [-0.05, 0) is 42.5 Å². The van der Waals surface area contributed by atoms with E-state index in [1.54, 1.807) is 6.20 Å². The van der Waals surface area contributed by atoms with Crippen molar-refractivity contribution in [2.24, 2.45) is 0 Å². The minimum absolute atomic E-state index is 0.00767. The van der Waals surface area contributed by atoms with Gasteiger partial charge in [-0.15, -0.1) is 0 Å². The molecule has 1 fully saturated rings. The Bertz CT molecular complexity index is 800. The van der Waals surface area contributed by atoms with Gasteiger partial charge in [0, 0.05) is 29.9 Å². The topological polar surface area (TPSA) is 54.0 Å². The quantitative estimate of drug-likeness (QED) is 0.856. The summed E-state index contributed by atoms with van der Waals surface area (Å²) in [5, 5.41) is 7.07. The standard InChI is InChI=1S/C20H22ClN3O/c21-18-12-23-19(24-15-4-2-1-3-5-15)11-17(18)13-6-7-16-14(10-13)8-9-22-20(16)25/h6-7,10-12,15H,1-5,8-9H2,(H,22,25)(H,23,24). The third kappa shape index (κ3) is 3.49. The average molecular weight is 356 g/mol. The molecule has 2 aromatic rings. The average Bonchev–Trinajstić information content (AvgIpc) is 2.64. The van der Waals surface area contributed by atoms with E-state index in [2.05, 4.69) is 21.7 Å². The van der Waals surface area contributed by atoms with Gasteiger partial charge in [0.25, 0.3) is 5.91 Å². The summed E-state index contributed by atoms with van der Waals surface area (Å²) in [6.45, 7) is 0.688. The summed E-state index contributed by atoms with van der Waals surface area (Å²) in [6.07, 6.45) is 8.87. The normalized spacial score (nSPS) is 17.7. The summed E-state index contributed by atoms with van der Waals surface area (Å²) in [4.78, 5) is 16.4. The van der Waals surface area contributed by atoms with Gasteiger partial charge in [-0.2, -0.15) is 0 Å². The summed E-state index contributed by atoms with van der Waals surface area (Å²) in [5.41, 5.74) is 3.84. The maximum Gasteiger partial charge on any atom is 0.251 e. The van der Waals surface area contributed by atoms with E-state index in [0.717, 1.165) is 34.5 Å². The Labute approximate surface area is 153 Å². The summed E-state index contributed by atoms with van der Waals surface area (Å²) in [7, 11) is 0. The van der Waals surface area contributed by atoms with E-state index < -0.39 is 0 Å². The van der Waals surface area contributed by atoms with Crippen LogP contribution in [0.25, 0.3) is 11.1 Å². The fraction of sp³-hybridized carbons (Fsp3) is 0.400. The minimum atomic E-state index is 0.00767. The number of halogens is 1. The van der Waals surface area contributed by atoms with Gasteiger partial charge in [0.1, 0.15) is 5.82 Å². The highest BCUT2D eigenvalue weighted by Gasteiger charge is 2.18. The van der Waals surface area contributed by atoms with Crippen LogP contribution < -0.4 is 10.6 Å². The van der Waals surface area contributed by atoms with Crippen molar-refractivity contribution in [3.63, 3.8) is 0 Å². The van der Waals surface area contributed by atoms with E-state index in [1.807, 2.05) is 18.2 Å². The molecule has 0 unspecified atom stereocenters. The van der Waals surface area contributed by atoms with Gasteiger partial charge >= 0.3 is 0 Å². The van der Waals surface area contributed by atoms with Crippen LogP contribution >= 0.6 is 11.6 Å². The predicted octanol–water partition coefficient (Wildman–Crippen LogP) is 4.43. The van der Waals surface area contributed by atoms with Crippen LogP contribution in [-0.4, -0.2) is 23.5 Å². The van der Waals surface area contributed by atoms with Crippen molar-refractivity contribution in [3.8, 4) is 11.1 Å². The third-order valence-electron chi connectivity index (χ3n) is 5.15. The maximum atomic E-state index is 11.9. The van der Waals surface area contributed by atoms with Crippen LogP contribution in [0.5, 0.6) is 0 Å². The molecule has 5 heteroatoms. The molecular weight excluding hydrogens is 334 g/mol. The van der Waals surface area contributed by atoms with Gasteiger partial charge in [0.15, 0.2) is 0 Å². The minimum Gasteiger partial charge on any atom is -0.367 e. The second-order valence-corrected chi connectivity index (χ2v) is 7.31. The molecule has 0 radical (unpaired) electrons. The zero-order chi connectivity index (χ0) is 17.2. The summed E-state index contributed by atoms with van der Waals surface area (Å²) in [5.74, 6) is 0.884. The van der Waals surface area contributed by atoms with Crippen molar-refractivity contribution in [2.45, 2.75) is 44.6 Å². The second-order valence-electron chi connectivity index (χ2n) is 6.91. The number of nitrogens with zero attached hydrogens (tertiary/aromatic N) is 1. The van der Waals surface area contributed by atoms with Crippen LogP contribution in [0.3, 0.4) is 0 Å². The molecule has 1 aromatic heterocycles. The Kier molecular flexibility index (Phi) is 4.62. The molecule has 2 N–H and O–H groups in total. The van der Waals surface area contributed by atoms with Gasteiger partial charge in [-0.3, -0.25) is 4.79 Å². The third-order valence-corrected chi connectivity index (χ3v) is 5.45. The molecule has 2 heterocycles. The van der Waals surface area contributed by atoms with E-state index in [-0.39, 0.29) is 5.91 Å². The Morgan fingerprint density at radius 2 is 1.96 bits per heavy atom. The number of hydrogen-bond donors (Lipinski definition) is 2. The molecule has 1 aromatic carbocycles. The van der Waals surface area contributed by atoms with Gasteiger partial charge in [0.05, 0.1) is 5.02 Å². The van der Waals surface area contributed by atoms with Crippen molar-refractivity contribution in [3.05, 3.63) is 46.6 Å². The van der Waals surface area contributed by atoms with Gasteiger partial charge in [-0.25, -0.2) is 4.98 Å². The maximum absolute atomic E-state index is 11.9. The lowest BCUT2D eigenvalue weighted by molar-refractivity contribution is 0.0946. The number of carbonyl (C=O) groups is 1. The summed E-state index contributed by atoms with van der Waals surface area (Å²) >= 11 is 6.42. The fourth-order valence-electron chi connectivity index (χ4n) is 3.79. The van der Waals surface area contributed by atoms with Crippen LogP contribution in [0, 0.1) is 0 Å². The van der Waals surface area contributed by atoms with Crippen LogP contribution in [0.4, 0.5) is 5.82 Å². The summed E-state index contributed by atoms with van der Waals surface area (Å²) in [6, 6.07) is 8.48. The molecular formula is C20H22ClN3O. The molecule has 1 aliphatic heterocycles. The fourth-order valence-corrected chi connectivity index (χ4v) is 4.00. The van der Waals surface area contributed by atoms with Gasteiger partial charge in [-0.1, -0.05) is 43.0 Å². The van der Waals surface area contributed by atoms with E-state index in [0.29, 0.717) is 17.6 Å². The number of amides is 1. The molecule has 1 saturated carbocycles. The first-order valence-electron chi connectivity index (χ1n) is 9.04. The molecule has 0 saturated heterocycles. The molecule has 1 aliphatic carbocycles. The first kappa shape index (κ1) is 16.4. The largest absolute Gasteiger partial charge is 0.367 e. The molecule has 2 aliphatic rings. The van der Waals surface area contributed by atoms with Crippen LogP contribution in [0.1, 0.15) is 48.0 Å². The van der Waals surface area contributed by atoms with Crippen LogP contribution in [-0.2, 0) is 6.42 Å². The Hall–Kier alpha value is -2.07. The van der Waals surface area contributed by atoms with Crippen LogP contribution in [0.15, 0.2) is 30.5 Å². The number of benzene rings is 1. The molecule has 4 nitrogen and oxygen atoms in total. The highest BCUT2D eigenvalue weighted by molar-refractivity contribution is 6.33. The van der Waals surface area contributed by atoms with E-state index in [1.165, 1.54) is 32.1 Å². The lowest BCUT2D eigenvalue weighted by Crippen LogP contribution is -2.31. The van der Waals surface area contributed by atoms with E-state index in [9.17, 15) is 4.79 Å². The molecule has 0 atom stereocenters. The molecule has 130 valence electrons. The number of rotatable bonds is 3. The molecule has 25 heavy (non-hydrogen) atoms. The number of carbonyl (C=O) groups excluding carboxylic acids is 1. The first-order valence-corrected chi connectivity index (χ1v) is 9.42. The Morgan fingerprint density at radius 1 is 1.12 bits per heavy atom. The highest BCUT2D eigenvalue weighted by Crippen LogP contribution is 2.32. The second kappa shape index (κ2) is 7.04. The molecule has 4 rings (SSSR count). The van der Waals surface area contributed by atoms with Crippen molar-refractivity contribution < 1.29 is 4.79 Å². The van der Waals surface area contributed by atoms with Gasteiger partial charge in [0.2, 0.25) is 0 Å². The predicted molar refractivity (Wildman–Crippen MR) is 101 cm³/mol. The van der Waals surface area contributed by atoms with Crippen molar-refractivity contribution >= 4 is 23.3 Å². The van der Waals surface area contributed by atoms with E-state index >= 15 is 0 Å². The number of anilines is 1. The number of aromatic nitrogens is 1. The first-order chi connectivity index (χ1) is 12.2. The van der Waals surface area contributed by atoms with Crippen molar-refractivity contribution in [1.29, 1.82) is 0 Å². The van der Waals surface area contributed by atoms with E-state index in [4.69, 9.17) is 11.6 Å². The SMILES string of the molecule is O=C1NCCc2cc(-c3cc(NC4CCCCC4)ncc3Cl)ccc21. The molecule has 0 spiro atoms. The summed E-state index contributed by atoms with van der Waals surface area (Å²) < 4.78 is 0. The van der Waals surface area contributed by atoms with Crippen LogP contribution in [0.2, 0.25) is 5.02 Å². The molecule has 0 bridgehead atoms. The smallest absolute Gasteiger partial charge is 0.251 e. The van der Waals surface area contributed by atoms with Gasteiger partial charge < -0.3 is 10.6 Å². The molecule has 1 amide bonds. The number of pyridine rings is 1. The Morgan fingerprint density at radius 3 is 2.80 bits per heavy atom. The van der Waals surface area contributed by atoms with Crippen molar-refractivity contribution in [2.75, 3.05) is 11.9 Å². The van der Waals surface area contributed by atoms with Crippen molar-refractivity contribution in [1.82, 2.24) is 10.3 Å². The highest BCUT2D eigenvalue weighted by atomic mass is 35.5. The Balaban J connectivity index is 1.63. The zero-order valence-corrected chi connectivity index (χ0v) is 14.9.